The van der Waals surface area contributed by atoms with Gasteiger partial charge in [0, 0.05) is 11.9 Å². The number of nitrogens with two attached hydrogens (primary N) is 1. The molecule has 0 saturated heterocycles. The van der Waals surface area contributed by atoms with Gasteiger partial charge in [0.25, 0.3) is 0 Å². The number of halogens is 2. The highest BCUT2D eigenvalue weighted by molar-refractivity contribution is 7.09. The zero-order valence-electron chi connectivity index (χ0n) is 7.71. The van der Waals surface area contributed by atoms with Crippen LogP contribution in [-0.4, -0.2) is 4.98 Å². The van der Waals surface area contributed by atoms with Crippen LogP contribution in [0, 0.1) is 11.6 Å². The van der Waals surface area contributed by atoms with Crippen LogP contribution in [0.1, 0.15) is 5.01 Å². The van der Waals surface area contributed by atoms with Gasteiger partial charge in [0.2, 0.25) is 0 Å². The van der Waals surface area contributed by atoms with Gasteiger partial charge in [-0.25, -0.2) is 13.8 Å². The average Bonchev–Trinajstić information content (AvgIpc) is 2.66. The van der Waals surface area contributed by atoms with E-state index in [-0.39, 0.29) is 12.1 Å². The lowest BCUT2D eigenvalue weighted by atomic mass is 10.1. The topological polar surface area (TPSA) is 38.9 Å². The molecule has 0 amide bonds. The van der Waals surface area contributed by atoms with Gasteiger partial charge in [0.15, 0.2) is 0 Å². The third-order valence-electron chi connectivity index (χ3n) is 1.95. The Morgan fingerprint density at radius 1 is 1.27 bits per heavy atom. The fraction of sp³-hybridized carbons (Fsp3) is 0.100. The standard InChI is InChI=1S/C10H8F2N2S/c11-6-2-1-3-7(12)10(6)8-5-15-9(4-13)14-8/h1-3,5H,4,13H2. The Morgan fingerprint density at radius 3 is 2.47 bits per heavy atom. The molecule has 0 saturated carbocycles. The van der Waals surface area contributed by atoms with E-state index in [0.717, 1.165) is 0 Å². The van der Waals surface area contributed by atoms with Crippen molar-refractivity contribution in [3.05, 3.63) is 40.2 Å². The molecular weight excluding hydrogens is 218 g/mol. The molecule has 15 heavy (non-hydrogen) atoms. The molecule has 2 aromatic rings. The largest absolute Gasteiger partial charge is 0.325 e. The highest BCUT2D eigenvalue weighted by atomic mass is 32.1. The van der Waals surface area contributed by atoms with E-state index >= 15 is 0 Å². The van der Waals surface area contributed by atoms with Crippen LogP contribution in [0.4, 0.5) is 8.78 Å². The first-order valence-corrected chi connectivity index (χ1v) is 5.19. The van der Waals surface area contributed by atoms with Crippen LogP contribution in [0.3, 0.4) is 0 Å². The van der Waals surface area contributed by atoms with Crippen LogP contribution in [0.5, 0.6) is 0 Å². The molecule has 0 aliphatic heterocycles. The van der Waals surface area contributed by atoms with Crippen LogP contribution >= 0.6 is 11.3 Å². The van der Waals surface area contributed by atoms with E-state index in [1.54, 1.807) is 5.38 Å². The van der Waals surface area contributed by atoms with Gasteiger partial charge in [0.1, 0.15) is 16.6 Å². The van der Waals surface area contributed by atoms with Crippen molar-refractivity contribution in [1.29, 1.82) is 0 Å². The summed E-state index contributed by atoms with van der Waals surface area (Å²) in [6.45, 7) is 0.279. The molecule has 78 valence electrons. The van der Waals surface area contributed by atoms with Crippen LogP contribution in [0.25, 0.3) is 11.3 Å². The zero-order valence-corrected chi connectivity index (χ0v) is 8.52. The van der Waals surface area contributed by atoms with Crippen molar-refractivity contribution in [2.45, 2.75) is 6.54 Å². The quantitative estimate of drug-likeness (QED) is 0.854. The van der Waals surface area contributed by atoms with E-state index in [0.29, 0.717) is 10.7 Å². The summed E-state index contributed by atoms with van der Waals surface area (Å²) in [7, 11) is 0. The lowest BCUT2D eigenvalue weighted by molar-refractivity contribution is 0.589. The Bertz CT molecular complexity index is 462. The molecule has 1 aromatic heterocycles. The Balaban J connectivity index is 2.53. The molecule has 0 spiro atoms. The fourth-order valence-electron chi connectivity index (χ4n) is 1.26. The predicted molar refractivity (Wildman–Crippen MR) is 55.4 cm³/mol. The molecule has 0 radical (unpaired) electrons. The van der Waals surface area contributed by atoms with Crippen molar-refractivity contribution in [3.63, 3.8) is 0 Å². The molecule has 0 aliphatic carbocycles. The second kappa shape index (κ2) is 4.04. The summed E-state index contributed by atoms with van der Waals surface area (Å²) in [5.74, 6) is -1.22. The third-order valence-corrected chi connectivity index (χ3v) is 2.82. The SMILES string of the molecule is NCc1nc(-c2c(F)cccc2F)cs1. The second-order valence-electron chi connectivity index (χ2n) is 2.93. The van der Waals surface area contributed by atoms with E-state index < -0.39 is 11.6 Å². The molecule has 0 bridgehead atoms. The Kier molecular flexibility index (Phi) is 2.75. The second-order valence-corrected chi connectivity index (χ2v) is 3.87. The molecule has 2 N–H and O–H groups in total. The van der Waals surface area contributed by atoms with E-state index in [9.17, 15) is 8.78 Å². The number of nitrogens with zero attached hydrogens (tertiary/aromatic N) is 1. The summed E-state index contributed by atoms with van der Waals surface area (Å²) in [5, 5.41) is 2.26. The maximum atomic E-state index is 13.3. The number of thiazole rings is 1. The van der Waals surface area contributed by atoms with Crippen LogP contribution < -0.4 is 5.73 Å². The molecule has 0 aliphatic rings. The normalized spacial score (nSPS) is 10.6. The molecule has 5 heteroatoms. The zero-order chi connectivity index (χ0) is 10.8. The third kappa shape index (κ3) is 1.88. The summed E-state index contributed by atoms with van der Waals surface area (Å²) in [6.07, 6.45) is 0. The molecule has 0 unspecified atom stereocenters. The predicted octanol–water partition coefficient (Wildman–Crippen LogP) is 2.55. The molecule has 1 heterocycles. The van der Waals surface area contributed by atoms with Gasteiger partial charge in [-0.05, 0) is 12.1 Å². The average molecular weight is 226 g/mol. The van der Waals surface area contributed by atoms with E-state index in [4.69, 9.17) is 5.73 Å². The lowest BCUT2D eigenvalue weighted by Gasteiger charge is -2.00. The minimum atomic E-state index is -0.608. The molecule has 0 atom stereocenters. The van der Waals surface area contributed by atoms with E-state index in [1.807, 2.05) is 0 Å². The monoisotopic (exact) mass is 226 g/mol. The minimum absolute atomic E-state index is 0.0894. The van der Waals surface area contributed by atoms with Gasteiger partial charge < -0.3 is 5.73 Å². The number of hydrogen-bond donors (Lipinski definition) is 1. The minimum Gasteiger partial charge on any atom is -0.325 e. The number of benzene rings is 1. The van der Waals surface area contributed by atoms with Crippen molar-refractivity contribution in [2.75, 3.05) is 0 Å². The highest BCUT2D eigenvalue weighted by Crippen LogP contribution is 2.26. The smallest absolute Gasteiger partial charge is 0.135 e. The van der Waals surface area contributed by atoms with Crippen molar-refractivity contribution >= 4 is 11.3 Å². The lowest BCUT2D eigenvalue weighted by Crippen LogP contribution is -1.95. The van der Waals surface area contributed by atoms with Gasteiger partial charge in [-0.2, -0.15) is 0 Å². The first kappa shape index (κ1) is 10.2. The van der Waals surface area contributed by atoms with E-state index in [1.165, 1.54) is 29.5 Å². The number of hydrogen-bond acceptors (Lipinski definition) is 3. The molecule has 1 aromatic carbocycles. The summed E-state index contributed by atoms with van der Waals surface area (Å²) in [4.78, 5) is 4.03. The van der Waals surface area contributed by atoms with Gasteiger partial charge in [-0.15, -0.1) is 11.3 Å². The van der Waals surface area contributed by atoms with Crippen molar-refractivity contribution < 1.29 is 8.78 Å². The Morgan fingerprint density at radius 2 is 1.93 bits per heavy atom. The highest BCUT2D eigenvalue weighted by Gasteiger charge is 2.13. The molecule has 2 nitrogen and oxygen atoms in total. The van der Waals surface area contributed by atoms with Crippen molar-refractivity contribution in [3.8, 4) is 11.3 Å². The van der Waals surface area contributed by atoms with Crippen LogP contribution in [0.15, 0.2) is 23.6 Å². The van der Waals surface area contributed by atoms with Crippen LogP contribution in [0.2, 0.25) is 0 Å². The molecular formula is C10H8F2N2S. The first-order chi connectivity index (χ1) is 7.22. The Labute approximate surface area is 89.4 Å². The summed E-state index contributed by atoms with van der Waals surface area (Å²) in [5.41, 5.74) is 5.59. The summed E-state index contributed by atoms with van der Waals surface area (Å²) in [6, 6.07) is 3.74. The number of aromatic nitrogens is 1. The maximum Gasteiger partial charge on any atom is 0.135 e. The maximum absolute atomic E-state index is 13.3. The van der Waals surface area contributed by atoms with Crippen molar-refractivity contribution in [1.82, 2.24) is 4.98 Å². The summed E-state index contributed by atoms with van der Waals surface area (Å²) < 4.78 is 26.7. The Hall–Kier alpha value is -1.33. The number of rotatable bonds is 2. The summed E-state index contributed by atoms with van der Waals surface area (Å²) >= 11 is 1.29. The van der Waals surface area contributed by atoms with Gasteiger partial charge in [-0.3, -0.25) is 0 Å². The van der Waals surface area contributed by atoms with Gasteiger partial charge in [0.05, 0.1) is 11.3 Å². The van der Waals surface area contributed by atoms with E-state index in [2.05, 4.69) is 4.98 Å². The van der Waals surface area contributed by atoms with Crippen LogP contribution in [-0.2, 0) is 6.54 Å². The first-order valence-electron chi connectivity index (χ1n) is 4.31. The fourth-order valence-corrected chi connectivity index (χ4v) is 1.93. The van der Waals surface area contributed by atoms with Gasteiger partial charge in [-0.1, -0.05) is 6.07 Å². The van der Waals surface area contributed by atoms with Gasteiger partial charge >= 0.3 is 0 Å². The molecule has 0 fully saturated rings. The van der Waals surface area contributed by atoms with Crippen molar-refractivity contribution in [2.24, 2.45) is 5.73 Å². The molecule has 2 rings (SSSR count).